The first-order valence-electron chi connectivity index (χ1n) is 20.1. The van der Waals surface area contributed by atoms with Gasteiger partial charge >= 0.3 is 5.97 Å². The van der Waals surface area contributed by atoms with Crippen molar-refractivity contribution in [3.8, 4) is 11.5 Å². The van der Waals surface area contributed by atoms with Gasteiger partial charge in [0.1, 0.15) is 17.6 Å². The summed E-state index contributed by atoms with van der Waals surface area (Å²) in [5, 5.41) is 24.7. The van der Waals surface area contributed by atoms with Crippen LogP contribution in [0.2, 0.25) is 0 Å². The molecule has 3 aromatic carbocycles. The number of rotatable bonds is 15. The van der Waals surface area contributed by atoms with Gasteiger partial charge in [-0.25, -0.2) is 0 Å². The number of benzene rings is 3. The van der Waals surface area contributed by atoms with Crippen molar-refractivity contribution in [3.05, 3.63) is 111 Å². The Morgan fingerprint density at radius 1 is 0.982 bits per heavy atom. The van der Waals surface area contributed by atoms with Gasteiger partial charge in [0.15, 0.2) is 0 Å². The van der Waals surface area contributed by atoms with Crippen LogP contribution >= 0.6 is 0 Å². The zero-order valence-electron chi connectivity index (χ0n) is 32.3. The second-order valence-corrected chi connectivity index (χ2v) is 15.6. The van der Waals surface area contributed by atoms with Crippen molar-refractivity contribution in [2.24, 2.45) is 5.92 Å². The molecule has 0 radical (unpaired) electrons. The molecule has 11 nitrogen and oxygen atoms in total. The first-order chi connectivity index (χ1) is 27.2. The number of amides is 1. The highest BCUT2D eigenvalue weighted by Crippen LogP contribution is 2.39. The van der Waals surface area contributed by atoms with Gasteiger partial charge in [0.25, 0.3) is 0 Å². The lowest BCUT2D eigenvalue weighted by atomic mass is 9.72. The number of ether oxygens (including phenoxy) is 2. The number of H-pyrrole nitrogens is 1. The van der Waals surface area contributed by atoms with E-state index in [4.69, 9.17) is 9.47 Å². The number of aromatic nitrogens is 1. The number of aliphatic hydroxyl groups excluding tert-OH is 1. The molecule has 4 fully saturated rings. The van der Waals surface area contributed by atoms with Crippen molar-refractivity contribution >= 4 is 28.9 Å². The summed E-state index contributed by atoms with van der Waals surface area (Å²) in [4.78, 5) is 45.8. The molecule has 2 bridgehead atoms. The number of unbranched alkanes of at least 4 members (excludes halogenated alkanes) is 2. The van der Waals surface area contributed by atoms with Crippen LogP contribution in [0.25, 0.3) is 17.0 Å². The van der Waals surface area contributed by atoms with Gasteiger partial charge in [-0.2, -0.15) is 0 Å². The van der Waals surface area contributed by atoms with Crippen LogP contribution in [0, 0.1) is 12.8 Å². The van der Waals surface area contributed by atoms with Crippen molar-refractivity contribution in [2.45, 2.75) is 69.5 Å². The minimum absolute atomic E-state index is 0.0281. The third-order valence-corrected chi connectivity index (χ3v) is 12.0. The van der Waals surface area contributed by atoms with Crippen molar-refractivity contribution in [1.29, 1.82) is 0 Å². The number of piperidine rings is 4. The summed E-state index contributed by atoms with van der Waals surface area (Å²) in [5.74, 6) is 1.02. The molecule has 1 aromatic heterocycles. The highest BCUT2D eigenvalue weighted by atomic mass is 16.5. The number of aromatic amines is 1. The van der Waals surface area contributed by atoms with Gasteiger partial charge in [0.05, 0.1) is 23.6 Å². The number of carbonyl (C=O) groups excluding carboxylic acids is 2. The van der Waals surface area contributed by atoms with Crippen molar-refractivity contribution in [3.63, 3.8) is 0 Å². The Morgan fingerprint density at radius 2 is 1.77 bits per heavy atom. The van der Waals surface area contributed by atoms with Gasteiger partial charge in [-0.15, -0.1) is 0 Å². The molecular formula is C45H54N4O7. The number of carbonyl (C=O) groups is 2. The van der Waals surface area contributed by atoms with Gasteiger partial charge in [0, 0.05) is 43.7 Å². The van der Waals surface area contributed by atoms with Crippen LogP contribution in [0.1, 0.15) is 73.3 Å². The Labute approximate surface area is 328 Å². The van der Waals surface area contributed by atoms with Gasteiger partial charge < -0.3 is 34.9 Å². The van der Waals surface area contributed by atoms with E-state index in [9.17, 15) is 24.6 Å². The fraction of sp³-hybridized carbons (Fsp3) is 0.444. The maximum Gasteiger partial charge on any atom is 0.317 e. The number of hydrogen-bond donors (Lipinski definition) is 4. The predicted octanol–water partition coefficient (Wildman–Crippen LogP) is 5.63. The normalized spacial score (nSPS) is 21.0. The van der Waals surface area contributed by atoms with E-state index in [-0.39, 0.29) is 29.3 Å². The zero-order chi connectivity index (χ0) is 39.1. The van der Waals surface area contributed by atoms with Crippen LogP contribution in [0.3, 0.4) is 0 Å². The minimum atomic E-state index is -0.784. The maximum atomic E-state index is 14.0. The Kier molecular flexibility index (Phi) is 12.5. The molecule has 1 amide bonds. The molecule has 2 atom stereocenters. The quantitative estimate of drug-likeness (QED) is 0.0689. The third-order valence-electron chi connectivity index (χ3n) is 12.0. The summed E-state index contributed by atoms with van der Waals surface area (Å²) in [6.07, 6.45) is 8.63. The second kappa shape index (κ2) is 17.9. The molecule has 4 saturated heterocycles. The van der Waals surface area contributed by atoms with Crippen LogP contribution in [0.5, 0.6) is 11.5 Å². The Bertz CT molecular complexity index is 2070. The molecule has 0 spiro atoms. The van der Waals surface area contributed by atoms with E-state index in [0.29, 0.717) is 61.5 Å². The molecule has 4 aliphatic heterocycles. The van der Waals surface area contributed by atoms with Crippen molar-refractivity contribution < 1.29 is 29.3 Å². The van der Waals surface area contributed by atoms with Crippen molar-refractivity contribution in [1.82, 2.24) is 20.1 Å². The summed E-state index contributed by atoms with van der Waals surface area (Å²) < 4.78 is 12.4. The second-order valence-electron chi connectivity index (χ2n) is 15.6. The molecule has 4 aromatic rings. The summed E-state index contributed by atoms with van der Waals surface area (Å²) in [7, 11) is 0. The Morgan fingerprint density at radius 3 is 2.50 bits per heavy atom. The molecule has 0 unspecified atom stereocenters. The smallest absolute Gasteiger partial charge is 0.317 e. The molecule has 0 aliphatic carbocycles. The first-order valence-corrected chi connectivity index (χ1v) is 20.1. The molecule has 4 N–H and O–H groups in total. The van der Waals surface area contributed by atoms with Crippen LogP contribution in [-0.4, -0.2) is 95.4 Å². The fourth-order valence-corrected chi connectivity index (χ4v) is 8.59. The Hall–Kier alpha value is -4.97. The van der Waals surface area contributed by atoms with E-state index < -0.39 is 11.5 Å². The van der Waals surface area contributed by atoms with Gasteiger partial charge in [0.2, 0.25) is 11.5 Å². The van der Waals surface area contributed by atoms with Crippen LogP contribution < -0.4 is 15.6 Å². The number of nitrogens with zero attached hydrogens (tertiary/aromatic N) is 2. The lowest BCUT2D eigenvalue weighted by molar-refractivity contribution is -0.168. The number of hydrogen-bond acceptors (Lipinski definition) is 9. The Balaban J connectivity index is 0.831. The van der Waals surface area contributed by atoms with E-state index in [1.807, 2.05) is 66.4 Å². The average Bonchev–Trinajstić information content (AvgIpc) is 3.22. The monoisotopic (exact) mass is 762 g/mol. The molecule has 8 rings (SSSR count). The summed E-state index contributed by atoms with van der Waals surface area (Å²) in [5.41, 5.74) is 2.79. The lowest BCUT2D eigenvalue weighted by Crippen LogP contribution is -2.55. The van der Waals surface area contributed by atoms with Gasteiger partial charge in [-0.3, -0.25) is 19.3 Å². The highest BCUT2D eigenvalue weighted by molar-refractivity contribution is 5.92. The number of fused-ring (bicyclic) bond motifs is 4. The number of phenols is 1. The summed E-state index contributed by atoms with van der Waals surface area (Å²) in [6.45, 7) is 7.65. The standard InChI is InChI=1S/C45H54N4O7/c1-31-28-32(10-15-39(31)55-27-7-3-6-22-46-29-38(51)35-12-14-37(50)43-36(35)13-16-41(52)47-43)11-17-42(53)49-25-20-45(21-26-49,34-8-4-2-5-9-34)44(54)56-40-30-48-23-18-33(40)19-24-48/h2,4-5,8-17,28,33,38,40,46,50-51H,3,6-7,18-27,29-30H2,1H3,(H,47,52)/t38-,40-/m0/s1. The molecular weight excluding hydrogens is 709 g/mol. The number of aryl methyl sites for hydroxylation is 1. The average molecular weight is 763 g/mol. The number of pyridine rings is 1. The van der Waals surface area contributed by atoms with Crippen molar-refractivity contribution in [2.75, 3.05) is 52.4 Å². The minimum Gasteiger partial charge on any atom is -0.506 e. The van der Waals surface area contributed by atoms with Crippen LogP contribution in [0.4, 0.5) is 0 Å². The SMILES string of the molecule is Cc1cc(C=CC(=O)N2CCC(C(=O)O[C@H]3CN4CCC3CC4)(c3ccccc3)CC2)ccc1OCCCCCNC[C@H](O)c1ccc(O)c2[nH]c(=O)ccc12. The zero-order valence-corrected chi connectivity index (χ0v) is 32.3. The maximum absolute atomic E-state index is 14.0. The number of esters is 1. The van der Waals surface area contributed by atoms with Crippen LogP contribution in [-0.2, 0) is 19.7 Å². The van der Waals surface area contributed by atoms with E-state index >= 15 is 0 Å². The highest BCUT2D eigenvalue weighted by Gasteiger charge is 2.47. The van der Waals surface area contributed by atoms with E-state index in [1.165, 1.54) is 12.1 Å². The topological polar surface area (TPSA) is 144 Å². The number of aromatic hydroxyl groups is 1. The van der Waals surface area contributed by atoms with E-state index in [1.54, 1.807) is 18.2 Å². The summed E-state index contributed by atoms with van der Waals surface area (Å²) in [6, 6.07) is 22.0. The molecule has 0 saturated carbocycles. The third kappa shape index (κ3) is 9.01. The first kappa shape index (κ1) is 39.3. The number of likely N-dealkylation sites (tertiary alicyclic amines) is 1. The molecule has 11 heteroatoms. The lowest BCUT2D eigenvalue weighted by Gasteiger charge is -2.46. The van der Waals surface area contributed by atoms with Crippen LogP contribution in [0.15, 0.2) is 83.7 Å². The molecule has 4 aliphatic rings. The summed E-state index contributed by atoms with van der Waals surface area (Å²) >= 11 is 0. The molecule has 5 heterocycles. The predicted molar refractivity (Wildman–Crippen MR) is 217 cm³/mol. The number of aliphatic hydroxyl groups is 1. The van der Waals surface area contributed by atoms with E-state index in [2.05, 4.69) is 15.2 Å². The fourth-order valence-electron chi connectivity index (χ4n) is 8.59. The van der Waals surface area contributed by atoms with Gasteiger partial charge in [-0.1, -0.05) is 42.5 Å². The van der Waals surface area contributed by atoms with Gasteiger partial charge in [-0.05, 0) is 130 Å². The van der Waals surface area contributed by atoms with E-state index in [0.717, 1.165) is 80.7 Å². The number of nitrogens with one attached hydrogen (secondary N) is 2. The largest absolute Gasteiger partial charge is 0.506 e. The molecule has 296 valence electrons. The number of phenolic OH excluding ortho intramolecular Hbond substituents is 1. The molecule has 56 heavy (non-hydrogen) atoms.